The zero-order valence-electron chi connectivity index (χ0n) is 18.4. The van der Waals surface area contributed by atoms with E-state index in [1.165, 1.54) is 44.6 Å². The predicted molar refractivity (Wildman–Crippen MR) is 127 cm³/mol. The summed E-state index contributed by atoms with van der Waals surface area (Å²) in [4.78, 5) is 10.3. The Hall–Kier alpha value is -3.26. The van der Waals surface area contributed by atoms with Crippen LogP contribution in [-0.2, 0) is 25.7 Å². The average molecular weight is 405 g/mol. The standard InChI is InChI=1S/C29H28N2/c1-20-10-14-22(15-11-20)18-27-26-9-5-7-24-6-3-4-8-25(24)29(26)31-28(30-27)19-23-16-12-21(2)13-17-23/h3-4,6,8,10-17H,5,7,9,18-19H2,1-2H3. The Balaban J connectivity index is 1.62. The van der Waals surface area contributed by atoms with Crippen LogP contribution in [0, 0.1) is 13.8 Å². The summed E-state index contributed by atoms with van der Waals surface area (Å²) in [7, 11) is 0. The lowest BCUT2D eigenvalue weighted by atomic mass is 9.97. The van der Waals surface area contributed by atoms with Crippen molar-refractivity contribution in [3.05, 3.63) is 118 Å². The van der Waals surface area contributed by atoms with Gasteiger partial charge < -0.3 is 0 Å². The second-order valence-corrected chi connectivity index (χ2v) is 8.75. The Morgan fingerprint density at radius 2 is 1.32 bits per heavy atom. The molecule has 0 spiro atoms. The fourth-order valence-corrected chi connectivity index (χ4v) is 4.50. The van der Waals surface area contributed by atoms with Crippen LogP contribution in [0.1, 0.15) is 51.3 Å². The number of aromatic nitrogens is 2. The Morgan fingerprint density at radius 1 is 0.677 bits per heavy atom. The molecule has 0 aliphatic heterocycles. The first-order valence-electron chi connectivity index (χ1n) is 11.2. The van der Waals surface area contributed by atoms with Crippen LogP contribution >= 0.6 is 0 Å². The van der Waals surface area contributed by atoms with E-state index in [1.54, 1.807) is 0 Å². The van der Waals surface area contributed by atoms with Gasteiger partial charge >= 0.3 is 0 Å². The van der Waals surface area contributed by atoms with Gasteiger partial charge in [0.25, 0.3) is 0 Å². The minimum atomic E-state index is 0.761. The highest BCUT2D eigenvalue weighted by atomic mass is 14.9. The maximum Gasteiger partial charge on any atom is 0.133 e. The van der Waals surface area contributed by atoms with E-state index >= 15 is 0 Å². The van der Waals surface area contributed by atoms with Crippen molar-refractivity contribution < 1.29 is 0 Å². The molecule has 1 aliphatic rings. The average Bonchev–Trinajstić information content (AvgIpc) is 2.97. The smallest absolute Gasteiger partial charge is 0.133 e. The van der Waals surface area contributed by atoms with Gasteiger partial charge in [0.05, 0.1) is 11.4 Å². The second-order valence-electron chi connectivity index (χ2n) is 8.75. The van der Waals surface area contributed by atoms with Gasteiger partial charge in [-0.15, -0.1) is 0 Å². The molecule has 2 heteroatoms. The monoisotopic (exact) mass is 404 g/mol. The number of benzene rings is 3. The molecule has 5 rings (SSSR count). The Bertz CT molecular complexity index is 1200. The van der Waals surface area contributed by atoms with Gasteiger partial charge in [-0.05, 0) is 49.8 Å². The van der Waals surface area contributed by atoms with Crippen molar-refractivity contribution in [2.24, 2.45) is 0 Å². The molecule has 0 saturated carbocycles. The van der Waals surface area contributed by atoms with Crippen LogP contribution < -0.4 is 0 Å². The normalized spacial score (nSPS) is 12.7. The summed E-state index contributed by atoms with van der Waals surface area (Å²) in [6.45, 7) is 4.26. The molecule has 1 aromatic heterocycles. The molecule has 0 amide bonds. The zero-order valence-corrected chi connectivity index (χ0v) is 18.4. The fraction of sp³-hybridized carbons (Fsp3) is 0.241. The SMILES string of the molecule is Cc1ccc(Cc2nc(Cc3ccc(C)cc3)c3c(n2)-c2ccccc2CCC3)cc1. The number of fused-ring (bicyclic) bond motifs is 3. The lowest BCUT2D eigenvalue weighted by molar-refractivity contribution is 0.805. The number of nitrogens with zero attached hydrogens (tertiary/aromatic N) is 2. The molecule has 3 aromatic carbocycles. The first-order valence-corrected chi connectivity index (χ1v) is 11.2. The van der Waals surface area contributed by atoms with Crippen LogP contribution in [0.2, 0.25) is 0 Å². The summed E-state index contributed by atoms with van der Waals surface area (Å²) in [6.07, 6.45) is 4.90. The molecule has 154 valence electrons. The van der Waals surface area contributed by atoms with Gasteiger partial charge in [-0.25, -0.2) is 9.97 Å². The Labute approximate surface area is 185 Å². The van der Waals surface area contributed by atoms with E-state index in [2.05, 4.69) is 86.6 Å². The van der Waals surface area contributed by atoms with E-state index in [1.807, 2.05) is 0 Å². The molecule has 0 atom stereocenters. The molecule has 1 heterocycles. The number of hydrogen-bond acceptors (Lipinski definition) is 2. The van der Waals surface area contributed by atoms with E-state index in [0.29, 0.717) is 0 Å². The van der Waals surface area contributed by atoms with Crippen molar-refractivity contribution in [3.8, 4) is 11.3 Å². The first-order chi connectivity index (χ1) is 15.2. The third-order valence-corrected chi connectivity index (χ3v) is 6.26. The van der Waals surface area contributed by atoms with Gasteiger partial charge in [0.2, 0.25) is 0 Å². The van der Waals surface area contributed by atoms with Gasteiger partial charge in [0.1, 0.15) is 5.82 Å². The third-order valence-electron chi connectivity index (χ3n) is 6.26. The van der Waals surface area contributed by atoms with E-state index in [4.69, 9.17) is 9.97 Å². The number of rotatable bonds is 4. The van der Waals surface area contributed by atoms with Crippen LogP contribution in [0.4, 0.5) is 0 Å². The lowest BCUT2D eigenvalue weighted by Gasteiger charge is -2.15. The molecule has 0 saturated heterocycles. The summed E-state index contributed by atoms with van der Waals surface area (Å²) in [5, 5.41) is 0. The highest BCUT2D eigenvalue weighted by Gasteiger charge is 2.21. The van der Waals surface area contributed by atoms with Crippen LogP contribution in [0.25, 0.3) is 11.3 Å². The van der Waals surface area contributed by atoms with Crippen LogP contribution in [-0.4, -0.2) is 9.97 Å². The van der Waals surface area contributed by atoms with Gasteiger partial charge in [0, 0.05) is 24.0 Å². The van der Waals surface area contributed by atoms with Gasteiger partial charge in [-0.1, -0.05) is 83.9 Å². The van der Waals surface area contributed by atoms with Crippen molar-refractivity contribution in [2.45, 2.75) is 46.0 Å². The highest BCUT2D eigenvalue weighted by Crippen LogP contribution is 2.33. The molecule has 0 bridgehead atoms. The van der Waals surface area contributed by atoms with Crippen molar-refractivity contribution in [1.29, 1.82) is 0 Å². The first kappa shape index (κ1) is 19.7. The Kier molecular flexibility index (Phi) is 5.38. The van der Waals surface area contributed by atoms with Crippen molar-refractivity contribution in [3.63, 3.8) is 0 Å². The zero-order chi connectivity index (χ0) is 21.2. The molecular weight excluding hydrogens is 376 g/mol. The third kappa shape index (κ3) is 4.29. The molecule has 0 fully saturated rings. The van der Waals surface area contributed by atoms with E-state index in [-0.39, 0.29) is 0 Å². The molecule has 2 nitrogen and oxygen atoms in total. The lowest BCUT2D eigenvalue weighted by Crippen LogP contribution is -2.09. The molecule has 1 aliphatic carbocycles. The Morgan fingerprint density at radius 3 is 2.03 bits per heavy atom. The molecule has 0 unspecified atom stereocenters. The van der Waals surface area contributed by atoms with Gasteiger partial charge in [-0.2, -0.15) is 0 Å². The molecule has 31 heavy (non-hydrogen) atoms. The summed E-state index contributed by atoms with van der Waals surface area (Å²) in [5.74, 6) is 0.918. The minimum Gasteiger partial charge on any atom is -0.237 e. The van der Waals surface area contributed by atoms with Crippen LogP contribution in [0.15, 0.2) is 72.8 Å². The molecule has 0 radical (unpaired) electrons. The fourth-order valence-electron chi connectivity index (χ4n) is 4.50. The predicted octanol–water partition coefficient (Wildman–Crippen LogP) is 6.43. The minimum absolute atomic E-state index is 0.761. The molecule has 0 N–H and O–H groups in total. The summed E-state index contributed by atoms with van der Waals surface area (Å²) < 4.78 is 0. The maximum atomic E-state index is 5.14. The van der Waals surface area contributed by atoms with Crippen LogP contribution in [0.5, 0.6) is 0 Å². The topological polar surface area (TPSA) is 25.8 Å². The summed E-state index contributed by atoms with van der Waals surface area (Å²) in [6, 6.07) is 26.3. The second kappa shape index (κ2) is 8.47. The van der Waals surface area contributed by atoms with E-state index in [9.17, 15) is 0 Å². The number of hydrogen-bond donors (Lipinski definition) is 0. The van der Waals surface area contributed by atoms with Crippen molar-refractivity contribution in [2.75, 3.05) is 0 Å². The molecular formula is C29H28N2. The van der Waals surface area contributed by atoms with E-state index in [0.717, 1.165) is 43.6 Å². The van der Waals surface area contributed by atoms with Crippen molar-refractivity contribution >= 4 is 0 Å². The highest BCUT2D eigenvalue weighted by molar-refractivity contribution is 5.69. The van der Waals surface area contributed by atoms with Gasteiger partial charge in [0.15, 0.2) is 0 Å². The van der Waals surface area contributed by atoms with Gasteiger partial charge in [-0.3, -0.25) is 0 Å². The van der Waals surface area contributed by atoms with E-state index < -0.39 is 0 Å². The van der Waals surface area contributed by atoms with Crippen LogP contribution in [0.3, 0.4) is 0 Å². The molecule has 4 aromatic rings. The number of aryl methyl sites for hydroxylation is 3. The summed E-state index contributed by atoms with van der Waals surface area (Å²) in [5.41, 5.74) is 11.5. The largest absolute Gasteiger partial charge is 0.237 e. The quantitative estimate of drug-likeness (QED) is 0.392. The van der Waals surface area contributed by atoms with Crippen molar-refractivity contribution in [1.82, 2.24) is 9.97 Å². The summed E-state index contributed by atoms with van der Waals surface area (Å²) >= 11 is 0. The maximum absolute atomic E-state index is 5.14.